The molecular formula is C39H41F3N6O5. The maximum atomic E-state index is 16.0. The summed E-state index contributed by atoms with van der Waals surface area (Å²) in [6.45, 7) is 6.73. The third-order valence-electron chi connectivity index (χ3n) is 10.9. The lowest BCUT2D eigenvalue weighted by molar-refractivity contribution is -0.132. The highest BCUT2D eigenvalue weighted by molar-refractivity contribution is 6.03. The molecule has 14 heteroatoms. The molecule has 4 atom stereocenters. The number of carbonyl (C=O) groups is 2. The molecule has 0 saturated carbocycles. The number of rotatable bonds is 4. The van der Waals surface area contributed by atoms with Crippen LogP contribution >= 0.6 is 0 Å². The van der Waals surface area contributed by atoms with Gasteiger partial charge in [-0.3, -0.25) is 19.6 Å². The van der Waals surface area contributed by atoms with Gasteiger partial charge in [-0.2, -0.15) is 4.98 Å². The number of terminal acetylenes is 1. The fraction of sp³-hybridized carbons (Fsp3) is 0.410. The molecule has 4 fully saturated rings. The Morgan fingerprint density at radius 2 is 1.89 bits per heavy atom. The Bertz CT molecular complexity index is 2210. The van der Waals surface area contributed by atoms with Crippen molar-refractivity contribution in [1.29, 1.82) is 0 Å². The van der Waals surface area contributed by atoms with Crippen LogP contribution in [-0.4, -0.2) is 104 Å². The molecule has 2 aromatic heterocycles. The summed E-state index contributed by atoms with van der Waals surface area (Å²) >= 11 is 0. The van der Waals surface area contributed by atoms with Crippen molar-refractivity contribution < 1.29 is 33.0 Å². The monoisotopic (exact) mass is 730 g/mol. The number of likely N-dealkylation sites (N-methyl/N-ethyl adjacent to an activating group) is 1. The number of phenols is 1. The van der Waals surface area contributed by atoms with E-state index in [0.717, 1.165) is 31.9 Å². The van der Waals surface area contributed by atoms with E-state index in [4.69, 9.17) is 11.5 Å². The van der Waals surface area contributed by atoms with Crippen molar-refractivity contribution in [2.24, 2.45) is 0 Å². The highest BCUT2D eigenvalue weighted by Gasteiger charge is 2.44. The van der Waals surface area contributed by atoms with Crippen molar-refractivity contribution in [3.63, 3.8) is 0 Å². The van der Waals surface area contributed by atoms with Gasteiger partial charge in [0.1, 0.15) is 35.5 Å². The number of hydrogen-bond acceptors (Lipinski definition) is 9. The number of nitrogens with zero attached hydrogens (tertiary/aromatic N) is 5. The number of H-pyrrole nitrogens is 1. The van der Waals surface area contributed by atoms with E-state index in [1.54, 1.807) is 0 Å². The predicted molar refractivity (Wildman–Crippen MR) is 196 cm³/mol. The molecule has 8 rings (SSSR count). The summed E-state index contributed by atoms with van der Waals surface area (Å²) in [7, 11) is 2.10. The van der Waals surface area contributed by atoms with Gasteiger partial charge < -0.3 is 20.1 Å². The maximum absolute atomic E-state index is 16.0. The van der Waals surface area contributed by atoms with Crippen molar-refractivity contribution >= 4 is 39.7 Å². The van der Waals surface area contributed by atoms with E-state index >= 15 is 4.39 Å². The maximum Gasteiger partial charge on any atom is 0.347 e. The number of nitrogens with one attached hydrogen (secondary N) is 1. The molecule has 2 bridgehead atoms. The van der Waals surface area contributed by atoms with Crippen LogP contribution in [0.25, 0.3) is 32.9 Å². The number of piperazine rings is 1. The lowest BCUT2D eigenvalue weighted by atomic mass is 9.96. The SMILES string of the molecule is C#Cc1c(F)ccc2cc(O)cc(-c3ncc4c(N5CC6CCC(C5)N6C)nc(=O)[nH]c4c3F)c12.C/C(=C/C=O)C(=O)O.C[C@@]12CCCN1C[C@H](F)C2. The minimum absolute atomic E-state index is 0.0496. The van der Waals surface area contributed by atoms with Crippen LogP contribution in [0, 0.1) is 24.0 Å². The number of aldehydes is 1. The van der Waals surface area contributed by atoms with E-state index in [2.05, 4.69) is 44.6 Å². The van der Waals surface area contributed by atoms with Gasteiger partial charge in [0.15, 0.2) is 5.82 Å². The van der Waals surface area contributed by atoms with Gasteiger partial charge in [-0.1, -0.05) is 12.0 Å². The van der Waals surface area contributed by atoms with Crippen molar-refractivity contribution in [3.05, 3.63) is 69.8 Å². The zero-order chi connectivity index (χ0) is 38.2. The summed E-state index contributed by atoms with van der Waals surface area (Å²) in [6.07, 6.45) is 13.3. The Morgan fingerprint density at radius 3 is 2.51 bits per heavy atom. The van der Waals surface area contributed by atoms with Crippen LogP contribution in [0.1, 0.15) is 51.5 Å². The topological polar surface area (TPSA) is 143 Å². The van der Waals surface area contributed by atoms with Gasteiger partial charge in [0.2, 0.25) is 0 Å². The summed E-state index contributed by atoms with van der Waals surface area (Å²) in [5.74, 6) is 0.0518. The summed E-state index contributed by atoms with van der Waals surface area (Å²) in [6, 6.07) is 6.06. The van der Waals surface area contributed by atoms with Crippen LogP contribution in [0.3, 0.4) is 0 Å². The van der Waals surface area contributed by atoms with Gasteiger partial charge in [-0.25, -0.2) is 22.8 Å². The molecule has 0 aliphatic carbocycles. The fourth-order valence-corrected chi connectivity index (χ4v) is 8.11. The predicted octanol–water partition coefficient (Wildman–Crippen LogP) is 5.19. The van der Waals surface area contributed by atoms with Crippen LogP contribution in [0.5, 0.6) is 5.75 Å². The van der Waals surface area contributed by atoms with E-state index in [9.17, 15) is 28.3 Å². The number of fused-ring (bicyclic) bond motifs is 5. The number of aromatic nitrogens is 3. The van der Waals surface area contributed by atoms with Crippen molar-refractivity contribution in [1.82, 2.24) is 24.8 Å². The molecule has 0 spiro atoms. The summed E-state index contributed by atoms with van der Waals surface area (Å²) in [5.41, 5.74) is -0.525. The molecule has 11 nitrogen and oxygen atoms in total. The molecule has 0 radical (unpaired) electrons. The smallest absolute Gasteiger partial charge is 0.347 e. The number of carboxylic acids is 1. The first-order chi connectivity index (χ1) is 25.2. The highest BCUT2D eigenvalue weighted by atomic mass is 19.1. The first-order valence-corrected chi connectivity index (χ1v) is 17.5. The van der Waals surface area contributed by atoms with Gasteiger partial charge in [-0.15, -0.1) is 6.42 Å². The number of aromatic amines is 1. The first-order valence-electron chi connectivity index (χ1n) is 17.5. The van der Waals surface area contributed by atoms with E-state index in [-0.39, 0.29) is 44.6 Å². The van der Waals surface area contributed by atoms with Gasteiger partial charge in [0.05, 0.1) is 16.5 Å². The molecule has 4 aromatic rings. The Labute approximate surface area is 304 Å². The van der Waals surface area contributed by atoms with Gasteiger partial charge in [-0.05, 0) is 89.2 Å². The second-order valence-electron chi connectivity index (χ2n) is 14.3. The quantitative estimate of drug-likeness (QED) is 0.146. The lowest BCUT2D eigenvalue weighted by Gasteiger charge is -2.39. The minimum atomic E-state index is -1.06. The summed E-state index contributed by atoms with van der Waals surface area (Å²) < 4.78 is 43.3. The largest absolute Gasteiger partial charge is 0.508 e. The second kappa shape index (κ2) is 15.0. The average molecular weight is 731 g/mol. The molecule has 2 unspecified atom stereocenters. The molecule has 4 aliphatic heterocycles. The minimum Gasteiger partial charge on any atom is -0.508 e. The third-order valence-corrected chi connectivity index (χ3v) is 10.9. The number of aromatic hydroxyl groups is 1. The second-order valence-corrected chi connectivity index (χ2v) is 14.3. The number of phenolic OH excluding ortho intramolecular Hbond substituents is 1. The normalized spacial score (nSPS) is 23.9. The zero-order valence-corrected chi connectivity index (χ0v) is 29.7. The Balaban J connectivity index is 0.000000218. The molecule has 278 valence electrons. The van der Waals surface area contributed by atoms with Crippen molar-refractivity contribution in [2.75, 3.05) is 38.1 Å². The molecule has 4 saturated heterocycles. The van der Waals surface area contributed by atoms with E-state index in [1.807, 2.05) is 4.90 Å². The third kappa shape index (κ3) is 7.36. The summed E-state index contributed by atoms with van der Waals surface area (Å²) in [4.78, 5) is 49.6. The number of anilines is 1. The summed E-state index contributed by atoms with van der Waals surface area (Å²) in [5, 5.41) is 19.4. The van der Waals surface area contributed by atoms with E-state index < -0.39 is 29.5 Å². The van der Waals surface area contributed by atoms with Crippen LogP contribution < -0.4 is 10.6 Å². The molecule has 3 N–H and O–H groups in total. The zero-order valence-electron chi connectivity index (χ0n) is 29.7. The molecule has 6 heterocycles. The van der Waals surface area contributed by atoms with Crippen molar-refractivity contribution in [3.8, 4) is 29.4 Å². The molecule has 4 aliphatic rings. The number of carbonyl (C=O) groups excluding carboxylic acids is 1. The van der Waals surface area contributed by atoms with Crippen LogP contribution in [0.4, 0.5) is 19.0 Å². The van der Waals surface area contributed by atoms with Crippen LogP contribution in [0.2, 0.25) is 0 Å². The molecular weight excluding hydrogens is 689 g/mol. The van der Waals surface area contributed by atoms with Crippen LogP contribution in [-0.2, 0) is 9.59 Å². The molecule has 53 heavy (non-hydrogen) atoms. The Hall–Kier alpha value is -5.26. The number of alkyl halides is 1. The van der Waals surface area contributed by atoms with Gasteiger partial charge in [0.25, 0.3) is 0 Å². The Kier molecular flexibility index (Phi) is 10.6. The number of carboxylic acid groups (broad SMARTS) is 1. The number of benzene rings is 2. The first kappa shape index (κ1) is 37.5. The fourth-order valence-electron chi connectivity index (χ4n) is 8.11. The average Bonchev–Trinajstić information content (AvgIpc) is 3.66. The number of pyridine rings is 1. The molecule has 2 aromatic carbocycles. The van der Waals surface area contributed by atoms with Crippen molar-refractivity contribution in [2.45, 2.75) is 69.7 Å². The Morgan fingerprint density at radius 1 is 1.17 bits per heavy atom. The number of allylic oxidation sites excluding steroid dienone is 1. The van der Waals surface area contributed by atoms with E-state index in [1.165, 1.54) is 50.2 Å². The highest BCUT2D eigenvalue weighted by Crippen LogP contribution is 2.40. The standard InChI is InChI=1S/C26H21F2N5O2.C8H14FN.C5H6O3/c1-3-17-20(27)7-4-13-8-16(34)9-18(21(13)17)23-22(28)24-19(10-29-23)25(31-26(35)30-24)33-11-14-5-6-15(12-33)32(14)2;1-8-3-2-4-10(8)6-7(9)5-8;1-4(2-3-6)5(7)8/h1,4,7-10,14-15,34H,5-6,11-12H2,2H3,(H,30,31,35);7H,2-6H2,1H3;2-3H,1H3,(H,7,8)/b;;4-2-/t;7-,8+;/m.1./s1. The van der Waals surface area contributed by atoms with Gasteiger partial charge in [0, 0.05) is 60.0 Å². The van der Waals surface area contributed by atoms with E-state index in [0.29, 0.717) is 54.6 Å². The number of hydrogen-bond donors (Lipinski definition) is 3. The van der Waals surface area contributed by atoms with Gasteiger partial charge >= 0.3 is 11.7 Å². The number of halogens is 3. The lowest BCUT2D eigenvalue weighted by Crippen LogP contribution is -2.52. The number of aliphatic carboxylic acids is 1. The molecule has 0 amide bonds. The van der Waals surface area contributed by atoms with Crippen LogP contribution in [0.15, 0.2) is 46.9 Å².